The van der Waals surface area contributed by atoms with E-state index in [2.05, 4.69) is 5.32 Å². The summed E-state index contributed by atoms with van der Waals surface area (Å²) in [6.45, 7) is 3.12. The van der Waals surface area contributed by atoms with Gasteiger partial charge in [0.15, 0.2) is 0 Å². The van der Waals surface area contributed by atoms with Crippen LogP contribution >= 0.6 is 0 Å². The molecular weight excluding hydrogens is 442 g/mol. The fraction of sp³-hybridized carbons (Fsp3) is 0.200. The molecule has 3 aromatic carbocycles. The lowest BCUT2D eigenvalue weighted by molar-refractivity contribution is -0.149. The van der Waals surface area contributed by atoms with Gasteiger partial charge in [-0.25, -0.2) is 13.2 Å². The Balaban J connectivity index is 1.90. The van der Waals surface area contributed by atoms with Gasteiger partial charge in [0.1, 0.15) is 18.4 Å². The Morgan fingerprint density at radius 1 is 1.00 bits per heavy atom. The van der Waals surface area contributed by atoms with Crippen molar-refractivity contribution in [3.63, 3.8) is 0 Å². The van der Waals surface area contributed by atoms with E-state index in [0.29, 0.717) is 0 Å². The van der Waals surface area contributed by atoms with Gasteiger partial charge in [-0.05, 0) is 42.3 Å². The van der Waals surface area contributed by atoms with Crippen molar-refractivity contribution in [2.75, 3.05) is 0 Å². The first-order valence-corrected chi connectivity index (χ1v) is 11.8. The minimum atomic E-state index is -3.99. The van der Waals surface area contributed by atoms with Crippen molar-refractivity contribution in [2.24, 2.45) is 0 Å². The van der Waals surface area contributed by atoms with Crippen molar-refractivity contribution < 1.29 is 27.9 Å². The lowest BCUT2D eigenvalue weighted by Crippen LogP contribution is -2.42. The number of hydrogen-bond acceptors (Lipinski definition) is 6. The zero-order chi connectivity index (χ0) is 24.0. The number of sulfone groups is 1. The normalized spacial score (nSPS) is 12.1. The summed E-state index contributed by atoms with van der Waals surface area (Å²) in [6, 6.07) is 18.2. The number of benzene rings is 3. The Bertz CT molecular complexity index is 1240. The second-order valence-corrected chi connectivity index (χ2v) is 9.58. The minimum Gasteiger partial charge on any atom is -0.508 e. The van der Waals surface area contributed by atoms with Crippen LogP contribution in [0.2, 0.25) is 0 Å². The van der Waals surface area contributed by atoms with Gasteiger partial charge >= 0.3 is 5.97 Å². The third kappa shape index (κ3) is 6.20. The quantitative estimate of drug-likeness (QED) is 0.492. The Morgan fingerprint density at radius 2 is 1.67 bits per heavy atom. The molecule has 0 aromatic heterocycles. The summed E-state index contributed by atoms with van der Waals surface area (Å²) < 4.78 is 31.9. The lowest BCUT2D eigenvalue weighted by atomic mass is 10.1. The van der Waals surface area contributed by atoms with Gasteiger partial charge < -0.3 is 15.2 Å². The Morgan fingerprint density at radius 3 is 2.30 bits per heavy atom. The van der Waals surface area contributed by atoms with Crippen molar-refractivity contribution in [1.29, 1.82) is 0 Å². The molecule has 0 aliphatic heterocycles. The molecule has 0 saturated heterocycles. The number of phenols is 1. The maximum absolute atomic E-state index is 13.3. The second kappa shape index (κ2) is 10.3. The van der Waals surface area contributed by atoms with E-state index >= 15 is 0 Å². The molecular formula is C25H25NO6S. The highest BCUT2D eigenvalue weighted by Gasteiger charge is 2.27. The van der Waals surface area contributed by atoms with Gasteiger partial charge in [-0.1, -0.05) is 54.1 Å². The standard InChI is InChI=1S/C25H25NO6S/c1-17-8-12-22(13-9-17)33(30,31)24-15-21(28)11-10-20(24)14-23(26-18(2)27)25(29)32-16-19-6-4-3-5-7-19/h3-13,15,23,28H,14,16H2,1-2H3,(H,26,27)/t23-/m0/s1. The summed E-state index contributed by atoms with van der Waals surface area (Å²) >= 11 is 0. The van der Waals surface area contributed by atoms with Gasteiger partial charge in [-0.3, -0.25) is 4.79 Å². The second-order valence-electron chi connectivity index (χ2n) is 7.66. The van der Waals surface area contributed by atoms with Gasteiger partial charge in [-0.15, -0.1) is 0 Å². The first-order valence-electron chi connectivity index (χ1n) is 10.3. The number of rotatable bonds is 8. The van der Waals surface area contributed by atoms with E-state index in [-0.39, 0.29) is 34.1 Å². The molecule has 7 nitrogen and oxygen atoms in total. The van der Waals surface area contributed by atoms with Crippen molar-refractivity contribution in [3.05, 3.63) is 89.5 Å². The van der Waals surface area contributed by atoms with E-state index in [1.54, 1.807) is 24.3 Å². The van der Waals surface area contributed by atoms with E-state index in [1.165, 1.54) is 31.2 Å². The zero-order valence-corrected chi connectivity index (χ0v) is 19.1. The molecule has 0 aliphatic carbocycles. The number of hydrogen-bond donors (Lipinski definition) is 2. The monoisotopic (exact) mass is 467 g/mol. The van der Waals surface area contributed by atoms with Crippen LogP contribution < -0.4 is 5.32 Å². The molecule has 0 bridgehead atoms. The van der Waals surface area contributed by atoms with E-state index in [4.69, 9.17) is 4.74 Å². The van der Waals surface area contributed by atoms with Crippen molar-refractivity contribution in [2.45, 2.75) is 42.7 Å². The highest BCUT2D eigenvalue weighted by Crippen LogP contribution is 2.29. The summed E-state index contributed by atoms with van der Waals surface area (Å²) in [5.74, 6) is -1.38. The van der Waals surface area contributed by atoms with Crippen molar-refractivity contribution in [1.82, 2.24) is 5.32 Å². The molecule has 0 fully saturated rings. The summed E-state index contributed by atoms with van der Waals surface area (Å²) in [4.78, 5) is 24.4. The van der Waals surface area contributed by atoms with E-state index in [1.807, 2.05) is 25.1 Å². The molecule has 0 heterocycles. The predicted octanol–water partition coefficient (Wildman–Crippen LogP) is 3.32. The first-order chi connectivity index (χ1) is 15.7. The highest BCUT2D eigenvalue weighted by molar-refractivity contribution is 7.91. The van der Waals surface area contributed by atoms with Gasteiger partial charge in [0.25, 0.3) is 0 Å². The van der Waals surface area contributed by atoms with E-state index in [0.717, 1.165) is 17.2 Å². The molecule has 2 N–H and O–H groups in total. The van der Waals surface area contributed by atoms with E-state index in [9.17, 15) is 23.1 Å². The molecule has 0 spiro atoms. The number of aryl methyl sites for hydroxylation is 1. The zero-order valence-electron chi connectivity index (χ0n) is 18.3. The van der Waals surface area contributed by atoms with Crippen LogP contribution in [-0.4, -0.2) is 31.4 Å². The Labute approximate surface area is 193 Å². The Kier molecular flexibility index (Phi) is 7.50. The molecule has 0 aliphatic rings. The molecule has 8 heteroatoms. The largest absolute Gasteiger partial charge is 0.508 e. The summed E-state index contributed by atoms with van der Waals surface area (Å²) in [6.07, 6.45) is -0.131. The number of ether oxygens (including phenoxy) is 1. The Hall–Kier alpha value is -3.65. The number of amides is 1. The van der Waals surface area contributed by atoms with Crippen molar-refractivity contribution in [3.8, 4) is 5.75 Å². The first kappa shape index (κ1) is 24.0. The van der Waals surface area contributed by atoms with Gasteiger partial charge in [0.05, 0.1) is 9.79 Å². The lowest BCUT2D eigenvalue weighted by Gasteiger charge is -2.19. The number of carbonyl (C=O) groups is 2. The van der Waals surface area contributed by atoms with Crippen LogP contribution in [0.4, 0.5) is 0 Å². The van der Waals surface area contributed by atoms with Crippen LogP contribution in [-0.2, 0) is 37.2 Å². The predicted molar refractivity (Wildman–Crippen MR) is 122 cm³/mol. The molecule has 1 atom stereocenters. The van der Waals surface area contributed by atoms with Gasteiger partial charge in [-0.2, -0.15) is 0 Å². The van der Waals surface area contributed by atoms with Gasteiger partial charge in [0, 0.05) is 13.3 Å². The molecule has 0 unspecified atom stereocenters. The average molecular weight is 468 g/mol. The van der Waals surface area contributed by atoms with Crippen LogP contribution in [0.3, 0.4) is 0 Å². The SMILES string of the molecule is CC(=O)N[C@@H](Cc1ccc(O)cc1S(=O)(=O)c1ccc(C)cc1)C(=O)OCc1ccccc1. The maximum atomic E-state index is 13.3. The summed E-state index contributed by atoms with van der Waals surface area (Å²) in [5, 5.41) is 12.5. The molecule has 0 saturated carbocycles. The van der Waals surface area contributed by atoms with Crippen LogP contribution in [0.25, 0.3) is 0 Å². The molecule has 33 heavy (non-hydrogen) atoms. The molecule has 1 amide bonds. The van der Waals surface area contributed by atoms with Crippen LogP contribution in [0.5, 0.6) is 5.75 Å². The number of phenolic OH excluding ortho intramolecular Hbond substituents is 1. The average Bonchev–Trinajstić information content (AvgIpc) is 2.78. The molecule has 172 valence electrons. The molecule has 3 rings (SSSR count). The molecule has 3 aromatic rings. The summed E-state index contributed by atoms with van der Waals surface area (Å²) in [5.41, 5.74) is 1.94. The van der Waals surface area contributed by atoms with Crippen LogP contribution in [0.15, 0.2) is 82.6 Å². The number of aromatic hydroxyl groups is 1. The minimum absolute atomic E-state index is 0.0137. The summed E-state index contributed by atoms with van der Waals surface area (Å²) in [7, 11) is -3.99. The van der Waals surface area contributed by atoms with Crippen LogP contribution in [0, 0.1) is 6.92 Å². The number of carbonyl (C=O) groups excluding carboxylic acids is 2. The number of nitrogens with one attached hydrogen (secondary N) is 1. The third-order valence-corrected chi connectivity index (χ3v) is 6.83. The fourth-order valence-electron chi connectivity index (χ4n) is 3.29. The smallest absolute Gasteiger partial charge is 0.329 e. The molecule has 0 radical (unpaired) electrons. The number of esters is 1. The third-order valence-electron chi connectivity index (χ3n) is 4.98. The topological polar surface area (TPSA) is 110 Å². The highest BCUT2D eigenvalue weighted by atomic mass is 32.2. The van der Waals surface area contributed by atoms with Crippen LogP contribution in [0.1, 0.15) is 23.6 Å². The maximum Gasteiger partial charge on any atom is 0.329 e. The van der Waals surface area contributed by atoms with Gasteiger partial charge in [0.2, 0.25) is 15.7 Å². The van der Waals surface area contributed by atoms with E-state index < -0.39 is 27.8 Å². The fourth-order valence-corrected chi connectivity index (χ4v) is 4.82. The van der Waals surface area contributed by atoms with Crippen molar-refractivity contribution >= 4 is 21.7 Å².